The summed E-state index contributed by atoms with van der Waals surface area (Å²) in [4.78, 5) is 15.4. The fourth-order valence-electron chi connectivity index (χ4n) is 3.17. The lowest BCUT2D eigenvalue weighted by Crippen LogP contribution is -2.42. The van der Waals surface area contributed by atoms with Crippen LogP contribution >= 0.6 is 0 Å². The average molecular weight is 528 g/mol. The summed E-state index contributed by atoms with van der Waals surface area (Å²) in [5.74, 6) is -0.417. The second-order valence-corrected chi connectivity index (χ2v) is 10.1. The van der Waals surface area contributed by atoms with Crippen LogP contribution in [0.5, 0.6) is 5.75 Å². The first-order valence-electron chi connectivity index (χ1n) is 10.5. The van der Waals surface area contributed by atoms with Gasteiger partial charge in [-0.25, -0.2) is 4.98 Å². The van der Waals surface area contributed by atoms with Crippen molar-refractivity contribution in [3.63, 3.8) is 0 Å². The van der Waals surface area contributed by atoms with E-state index in [1.807, 2.05) is 0 Å². The second-order valence-electron chi connectivity index (χ2n) is 7.99. The summed E-state index contributed by atoms with van der Waals surface area (Å²) < 4.78 is 76.5. The van der Waals surface area contributed by atoms with Crippen LogP contribution in [-0.4, -0.2) is 53.7 Å². The van der Waals surface area contributed by atoms with Crippen LogP contribution in [0, 0.1) is 6.92 Å². The minimum atomic E-state index is -4.44. The topological polar surface area (TPSA) is 113 Å². The highest BCUT2D eigenvalue weighted by Crippen LogP contribution is 2.31. The maximum absolute atomic E-state index is 12.8. The van der Waals surface area contributed by atoms with Crippen molar-refractivity contribution < 1.29 is 40.6 Å². The molecule has 9 nitrogen and oxygen atoms in total. The first-order valence-corrected chi connectivity index (χ1v) is 11.9. The fraction of sp³-hybridized carbons (Fsp3) is 0.304. The van der Waals surface area contributed by atoms with Crippen molar-refractivity contribution >= 4 is 16.2 Å². The third-order valence-corrected chi connectivity index (χ3v) is 6.91. The van der Waals surface area contributed by atoms with Gasteiger partial charge in [-0.1, -0.05) is 12.1 Å². The van der Waals surface area contributed by atoms with E-state index >= 15 is 0 Å². The number of aromatic nitrogens is 1. The maximum Gasteiger partial charge on any atom is 0.416 e. The summed E-state index contributed by atoms with van der Waals surface area (Å²) in [6, 6.07) is 10.9. The number of carbonyl (C=O) groups is 1. The van der Waals surface area contributed by atoms with Gasteiger partial charge in [0.05, 0.1) is 11.3 Å². The number of oxazole rings is 1. The van der Waals surface area contributed by atoms with E-state index in [1.54, 1.807) is 31.2 Å². The largest absolute Gasteiger partial charge is 0.486 e. The molecular weight excluding hydrogens is 503 g/mol. The molecule has 0 atom stereocenters. The molecule has 0 amide bonds. The summed E-state index contributed by atoms with van der Waals surface area (Å²) in [5, 5.41) is 9.12. The lowest BCUT2D eigenvalue weighted by atomic mass is 10.1. The molecule has 1 N–H and O–H groups in total. The lowest BCUT2D eigenvalue weighted by molar-refractivity contribution is -0.138. The smallest absolute Gasteiger partial charge is 0.416 e. The minimum Gasteiger partial charge on any atom is -0.486 e. The Morgan fingerprint density at radius 2 is 1.81 bits per heavy atom. The number of benzene rings is 2. The van der Waals surface area contributed by atoms with Gasteiger partial charge in [-0.2, -0.15) is 30.2 Å². The van der Waals surface area contributed by atoms with E-state index in [0.29, 0.717) is 28.3 Å². The quantitative estimate of drug-likeness (QED) is 0.425. The Morgan fingerprint density at radius 1 is 1.14 bits per heavy atom. The van der Waals surface area contributed by atoms with Gasteiger partial charge in [0, 0.05) is 26.2 Å². The highest BCUT2D eigenvalue weighted by atomic mass is 32.2. The molecule has 0 saturated heterocycles. The van der Waals surface area contributed by atoms with Crippen LogP contribution in [0.2, 0.25) is 0 Å². The zero-order valence-electron chi connectivity index (χ0n) is 19.6. The third kappa shape index (κ3) is 6.62. The summed E-state index contributed by atoms with van der Waals surface area (Å²) >= 11 is 0. The molecule has 0 spiro atoms. The van der Waals surface area contributed by atoms with Gasteiger partial charge in [0.15, 0.2) is 5.76 Å². The van der Waals surface area contributed by atoms with Gasteiger partial charge in [0.1, 0.15) is 18.9 Å². The molecule has 0 bridgehead atoms. The van der Waals surface area contributed by atoms with Gasteiger partial charge in [0.25, 0.3) is 10.2 Å². The molecule has 1 aromatic heterocycles. The van der Waals surface area contributed by atoms with Gasteiger partial charge < -0.3 is 14.3 Å². The van der Waals surface area contributed by atoms with Crippen molar-refractivity contribution in [3.05, 3.63) is 71.1 Å². The van der Waals surface area contributed by atoms with Gasteiger partial charge in [-0.15, -0.1) is 0 Å². The normalized spacial score (nSPS) is 12.3. The number of halogens is 3. The molecule has 1 heterocycles. The molecular formula is C23H24F3N3O6S. The van der Waals surface area contributed by atoms with E-state index in [4.69, 9.17) is 14.3 Å². The molecule has 36 heavy (non-hydrogen) atoms. The Kier molecular flexibility index (Phi) is 8.06. The number of hydrogen-bond acceptors (Lipinski definition) is 6. The van der Waals surface area contributed by atoms with Crippen LogP contribution in [0.4, 0.5) is 13.2 Å². The van der Waals surface area contributed by atoms with E-state index in [-0.39, 0.29) is 19.0 Å². The van der Waals surface area contributed by atoms with Crippen LogP contribution in [0.25, 0.3) is 11.5 Å². The van der Waals surface area contributed by atoms with Gasteiger partial charge in [-0.3, -0.25) is 4.79 Å². The van der Waals surface area contributed by atoms with E-state index in [0.717, 1.165) is 20.7 Å². The van der Waals surface area contributed by atoms with Crippen LogP contribution in [0.15, 0.2) is 52.9 Å². The van der Waals surface area contributed by atoms with Crippen LogP contribution in [0.3, 0.4) is 0 Å². The van der Waals surface area contributed by atoms with Crippen molar-refractivity contribution in [1.29, 1.82) is 0 Å². The zero-order chi connectivity index (χ0) is 26.7. The number of alkyl halides is 3. The molecule has 0 aliphatic rings. The van der Waals surface area contributed by atoms with E-state index in [2.05, 4.69) is 4.98 Å². The predicted octanol–water partition coefficient (Wildman–Crippen LogP) is 3.94. The van der Waals surface area contributed by atoms with Gasteiger partial charge in [0.2, 0.25) is 5.89 Å². The molecule has 13 heteroatoms. The fourth-order valence-corrected chi connectivity index (χ4v) is 4.22. The first-order chi connectivity index (χ1) is 16.8. The molecule has 0 aliphatic heterocycles. The standard InChI is InChI=1S/C23H24F3N3O6S/c1-15-20(35-22(27-15)17-7-9-18(10-8-17)23(24,25)26)14-34-19-6-4-5-16(11-19)12-29(13-21(30)31)36(32,33)28(2)3/h4-11H,12-14H2,1-3H3,(H,30,31). The average Bonchev–Trinajstić information content (AvgIpc) is 3.17. The van der Waals surface area contributed by atoms with Crippen molar-refractivity contribution in [2.24, 2.45) is 0 Å². The van der Waals surface area contributed by atoms with E-state index in [9.17, 15) is 26.4 Å². The SMILES string of the molecule is Cc1nc(-c2ccc(C(F)(F)F)cc2)oc1COc1cccc(CN(CC(=O)O)S(=O)(=O)N(C)C)c1. The molecule has 2 aromatic carbocycles. The number of nitrogens with zero attached hydrogens (tertiary/aromatic N) is 3. The zero-order valence-corrected chi connectivity index (χ0v) is 20.4. The molecule has 0 saturated carbocycles. The third-order valence-electron chi connectivity index (χ3n) is 5.08. The molecule has 0 aliphatic carbocycles. The summed E-state index contributed by atoms with van der Waals surface area (Å²) in [5.41, 5.74) is 0.586. The maximum atomic E-state index is 12.8. The second kappa shape index (κ2) is 10.7. The number of carboxylic acids is 1. The Morgan fingerprint density at radius 3 is 2.39 bits per heavy atom. The van der Waals surface area contributed by atoms with E-state index in [1.165, 1.54) is 26.2 Å². The van der Waals surface area contributed by atoms with Crippen molar-refractivity contribution in [2.45, 2.75) is 26.3 Å². The molecule has 0 unspecified atom stereocenters. The highest BCUT2D eigenvalue weighted by Gasteiger charge is 2.30. The molecule has 3 rings (SSSR count). The minimum absolute atomic E-state index is 0.0439. The predicted molar refractivity (Wildman–Crippen MR) is 123 cm³/mol. The Hall–Kier alpha value is -3.42. The van der Waals surface area contributed by atoms with Gasteiger partial charge >= 0.3 is 12.1 Å². The summed E-state index contributed by atoms with van der Waals surface area (Å²) in [6.07, 6.45) is -4.44. The monoisotopic (exact) mass is 527 g/mol. The molecule has 3 aromatic rings. The Balaban J connectivity index is 1.72. The molecule has 0 fully saturated rings. The molecule has 194 valence electrons. The molecule has 0 radical (unpaired) electrons. The van der Waals surface area contributed by atoms with Gasteiger partial charge in [-0.05, 0) is 48.9 Å². The number of aryl methyl sites for hydroxylation is 1. The Labute approximate surface area is 205 Å². The van der Waals surface area contributed by atoms with Crippen LogP contribution in [-0.2, 0) is 34.3 Å². The van der Waals surface area contributed by atoms with Crippen molar-refractivity contribution in [1.82, 2.24) is 13.6 Å². The number of rotatable bonds is 10. The number of hydrogen-bond donors (Lipinski definition) is 1. The first kappa shape index (κ1) is 27.2. The van der Waals surface area contributed by atoms with Crippen molar-refractivity contribution in [2.75, 3.05) is 20.6 Å². The number of carboxylic acid groups (broad SMARTS) is 1. The summed E-state index contributed by atoms with van der Waals surface area (Å²) in [7, 11) is -1.37. The van der Waals surface area contributed by atoms with Crippen LogP contribution < -0.4 is 4.74 Å². The number of ether oxygens (including phenoxy) is 1. The summed E-state index contributed by atoms with van der Waals surface area (Å²) in [6.45, 7) is 0.721. The lowest BCUT2D eigenvalue weighted by Gasteiger charge is -2.24. The highest BCUT2D eigenvalue weighted by molar-refractivity contribution is 7.86. The van der Waals surface area contributed by atoms with Crippen molar-refractivity contribution in [3.8, 4) is 17.2 Å². The van der Waals surface area contributed by atoms with E-state index < -0.39 is 34.5 Å². The van der Waals surface area contributed by atoms with Crippen LogP contribution in [0.1, 0.15) is 22.6 Å². The Bertz CT molecular complexity index is 1320. The number of aliphatic carboxylic acids is 1.